The van der Waals surface area contributed by atoms with Gasteiger partial charge in [-0.1, -0.05) is 12.1 Å². The third-order valence-electron chi connectivity index (χ3n) is 8.54. The van der Waals surface area contributed by atoms with Crippen molar-refractivity contribution in [2.45, 2.75) is 69.1 Å². The Hall–Kier alpha value is -2.66. The second-order valence-electron chi connectivity index (χ2n) is 11.0. The highest BCUT2D eigenvalue weighted by Crippen LogP contribution is 2.47. The molecule has 3 aliphatic heterocycles. The van der Waals surface area contributed by atoms with Gasteiger partial charge in [0.2, 0.25) is 5.91 Å². The van der Waals surface area contributed by atoms with Gasteiger partial charge in [-0.3, -0.25) is 4.79 Å². The zero-order valence-corrected chi connectivity index (χ0v) is 21.8. The van der Waals surface area contributed by atoms with Gasteiger partial charge in [-0.05, 0) is 79.5 Å². The summed E-state index contributed by atoms with van der Waals surface area (Å²) in [6.07, 6.45) is -9.08. The Labute approximate surface area is 227 Å². The molecule has 0 radical (unpaired) electrons. The van der Waals surface area contributed by atoms with E-state index in [1.165, 1.54) is 19.1 Å². The summed E-state index contributed by atoms with van der Waals surface area (Å²) in [5.41, 5.74) is -2.40. The van der Waals surface area contributed by atoms with Gasteiger partial charge in [0.05, 0.1) is 23.3 Å². The number of amides is 1. The summed E-state index contributed by atoms with van der Waals surface area (Å²) in [7, 11) is 0. The van der Waals surface area contributed by atoms with E-state index in [-0.39, 0.29) is 36.0 Å². The van der Waals surface area contributed by atoms with Crippen LogP contribution in [0.3, 0.4) is 0 Å². The van der Waals surface area contributed by atoms with Crippen LogP contribution in [0.15, 0.2) is 42.5 Å². The number of hydrogen-bond donors (Lipinski definition) is 0. The number of carbonyl (C=O) groups excluding carboxylic acids is 1. The van der Waals surface area contributed by atoms with Crippen LogP contribution in [-0.2, 0) is 26.6 Å². The second-order valence-corrected chi connectivity index (χ2v) is 11.0. The van der Waals surface area contributed by atoms with Crippen LogP contribution in [0, 0.1) is 17.7 Å². The molecular weight excluding hydrogens is 543 g/mol. The molecule has 11 heteroatoms. The summed E-state index contributed by atoms with van der Waals surface area (Å²) in [5, 5.41) is 0. The van der Waals surface area contributed by atoms with Crippen LogP contribution in [0.2, 0.25) is 0 Å². The first kappa shape index (κ1) is 28.9. The van der Waals surface area contributed by atoms with E-state index in [0.717, 1.165) is 12.8 Å². The molecule has 0 aromatic heterocycles. The van der Waals surface area contributed by atoms with E-state index in [4.69, 9.17) is 9.47 Å². The van der Waals surface area contributed by atoms with Crippen LogP contribution in [-0.4, -0.2) is 42.7 Å². The lowest BCUT2D eigenvalue weighted by Gasteiger charge is -2.41. The lowest BCUT2D eigenvalue weighted by molar-refractivity contribution is -0.143. The van der Waals surface area contributed by atoms with Crippen LogP contribution in [0.25, 0.3) is 0 Å². The molecule has 0 aliphatic carbocycles. The molecule has 3 fully saturated rings. The van der Waals surface area contributed by atoms with Gasteiger partial charge in [-0.2, -0.15) is 26.3 Å². The highest BCUT2D eigenvalue weighted by Gasteiger charge is 2.50. The van der Waals surface area contributed by atoms with E-state index in [1.807, 2.05) is 0 Å². The van der Waals surface area contributed by atoms with Gasteiger partial charge in [-0.15, -0.1) is 0 Å². The van der Waals surface area contributed by atoms with Crippen molar-refractivity contribution in [3.63, 3.8) is 0 Å². The number of alkyl halides is 6. The average Bonchev–Trinajstić information content (AvgIpc) is 3.26. The Kier molecular flexibility index (Phi) is 7.91. The molecule has 3 aliphatic rings. The van der Waals surface area contributed by atoms with Crippen molar-refractivity contribution in [2.75, 3.05) is 19.8 Å². The lowest BCUT2D eigenvalue weighted by atomic mass is 9.74. The van der Waals surface area contributed by atoms with Gasteiger partial charge in [0.15, 0.2) is 0 Å². The van der Waals surface area contributed by atoms with E-state index in [0.29, 0.717) is 49.7 Å². The van der Waals surface area contributed by atoms with Crippen molar-refractivity contribution in [1.29, 1.82) is 0 Å². The van der Waals surface area contributed by atoms with Crippen molar-refractivity contribution >= 4 is 5.91 Å². The number of nitrogens with zero attached hydrogens (tertiary/aromatic N) is 1. The summed E-state index contributed by atoms with van der Waals surface area (Å²) >= 11 is 0. The molecule has 0 saturated carbocycles. The van der Waals surface area contributed by atoms with Crippen LogP contribution in [0.5, 0.6) is 0 Å². The van der Waals surface area contributed by atoms with Crippen molar-refractivity contribution in [3.05, 3.63) is 70.5 Å². The Morgan fingerprint density at radius 1 is 0.925 bits per heavy atom. The Bertz CT molecular complexity index is 1180. The fraction of sp³-hybridized carbons (Fsp3) is 0.552. The molecule has 0 spiro atoms. The number of ether oxygens (including phenoxy) is 2. The van der Waals surface area contributed by atoms with Crippen LogP contribution < -0.4 is 0 Å². The lowest BCUT2D eigenvalue weighted by Crippen LogP contribution is -2.46. The largest absolute Gasteiger partial charge is 0.416 e. The number of halogens is 7. The predicted molar refractivity (Wildman–Crippen MR) is 131 cm³/mol. The fourth-order valence-corrected chi connectivity index (χ4v) is 6.53. The van der Waals surface area contributed by atoms with Crippen LogP contribution in [0.4, 0.5) is 30.7 Å². The van der Waals surface area contributed by atoms with Gasteiger partial charge in [0.25, 0.3) is 0 Å². The molecule has 0 bridgehead atoms. The SMILES string of the molecule is CC(O[C@H]1CN2C(=O)CC(C3CCOCC3)CC2C1c1ccc(F)cc1)c1cc(C(F)(F)F)cc(C(F)(F)F)c1. The van der Waals surface area contributed by atoms with E-state index in [2.05, 4.69) is 0 Å². The highest BCUT2D eigenvalue weighted by molar-refractivity contribution is 5.78. The van der Waals surface area contributed by atoms with Crippen LogP contribution >= 0.6 is 0 Å². The van der Waals surface area contributed by atoms with E-state index < -0.39 is 47.4 Å². The van der Waals surface area contributed by atoms with Crippen molar-refractivity contribution in [1.82, 2.24) is 4.90 Å². The van der Waals surface area contributed by atoms with Crippen molar-refractivity contribution in [3.8, 4) is 0 Å². The molecule has 40 heavy (non-hydrogen) atoms. The predicted octanol–water partition coefficient (Wildman–Crippen LogP) is 7.14. The molecule has 4 nitrogen and oxygen atoms in total. The molecule has 1 amide bonds. The summed E-state index contributed by atoms with van der Waals surface area (Å²) in [6, 6.07) is 6.91. The van der Waals surface area contributed by atoms with E-state index in [1.54, 1.807) is 17.0 Å². The Morgan fingerprint density at radius 3 is 2.10 bits per heavy atom. The molecule has 2 aromatic rings. The molecule has 4 unspecified atom stereocenters. The molecule has 2 aromatic carbocycles. The summed E-state index contributed by atoms with van der Waals surface area (Å²) in [6.45, 7) is 2.80. The Morgan fingerprint density at radius 2 is 1.52 bits per heavy atom. The molecule has 3 heterocycles. The summed E-state index contributed by atoms with van der Waals surface area (Å²) < 4.78 is 106. The highest BCUT2D eigenvalue weighted by atomic mass is 19.4. The number of carbonyl (C=O) groups is 1. The number of rotatable bonds is 5. The van der Waals surface area contributed by atoms with Crippen LogP contribution in [0.1, 0.15) is 66.9 Å². The minimum Gasteiger partial charge on any atom is -0.381 e. The van der Waals surface area contributed by atoms with E-state index >= 15 is 0 Å². The third kappa shape index (κ3) is 6.00. The van der Waals surface area contributed by atoms with Gasteiger partial charge in [0.1, 0.15) is 5.82 Å². The molecular formula is C29H30F7NO3. The van der Waals surface area contributed by atoms with Gasteiger partial charge in [-0.25, -0.2) is 4.39 Å². The number of benzene rings is 2. The number of hydrogen-bond acceptors (Lipinski definition) is 3. The normalized spacial score (nSPS) is 27.1. The standard InChI is InChI=1S/C29H30F7NO3/c1-16(19-10-21(28(31,32)33)14-22(11-19)29(34,35)36)40-25-15-37-24(27(25)18-2-4-23(30)5-3-18)12-20(13-26(37)38)17-6-8-39-9-7-17/h2-5,10-11,14,16-17,20,24-25,27H,6-9,12-13,15H2,1H3/t16?,20?,24?,25-,27?/m0/s1. The second kappa shape index (κ2) is 11.0. The van der Waals surface area contributed by atoms with Gasteiger partial charge in [0, 0.05) is 38.1 Å². The maximum Gasteiger partial charge on any atom is 0.416 e. The molecule has 3 saturated heterocycles. The topological polar surface area (TPSA) is 38.8 Å². The molecule has 5 atom stereocenters. The molecule has 218 valence electrons. The first-order chi connectivity index (χ1) is 18.8. The first-order valence-electron chi connectivity index (χ1n) is 13.4. The average molecular weight is 574 g/mol. The Balaban J connectivity index is 1.46. The van der Waals surface area contributed by atoms with Crippen molar-refractivity contribution < 1.29 is 45.0 Å². The quantitative estimate of drug-likeness (QED) is 0.357. The van der Waals surface area contributed by atoms with E-state index in [9.17, 15) is 35.5 Å². The zero-order chi connectivity index (χ0) is 28.8. The zero-order valence-electron chi connectivity index (χ0n) is 21.8. The first-order valence-corrected chi connectivity index (χ1v) is 13.4. The molecule has 5 rings (SSSR count). The maximum atomic E-state index is 13.8. The minimum atomic E-state index is -4.98. The minimum absolute atomic E-state index is 0.0583. The van der Waals surface area contributed by atoms with Gasteiger partial charge >= 0.3 is 12.4 Å². The fourth-order valence-electron chi connectivity index (χ4n) is 6.53. The third-order valence-corrected chi connectivity index (χ3v) is 8.54. The maximum absolute atomic E-state index is 13.8. The van der Waals surface area contributed by atoms with Gasteiger partial charge < -0.3 is 14.4 Å². The summed E-state index contributed by atoms with van der Waals surface area (Å²) in [5.74, 6) is -0.500. The number of piperidine rings is 1. The monoisotopic (exact) mass is 573 g/mol. The number of fused-ring (bicyclic) bond motifs is 1. The molecule has 0 N–H and O–H groups in total. The van der Waals surface area contributed by atoms with Crippen molar-refractivity contribution in [2.24, 2.45) is 11.8 Å². The summed E-state index contributed by atoms with van der Waals surface area (Å²) in [4.78, 5) is 15.0. The smallest absolute Gasteiger partial charge is 0.381 e.